The molecule has 1 fully saturated rings. The van der Waals surface area contributed by atoms with Gasteiger partial charge < -0.3 is 116 Å². The van der Waals surface area contributed by atoms with Gasteiger partial charge in [-0.3, -0.25) is 67.9 Å². The topological polar surface area (TPSA) is 626 Å². The number of carbonyl (C=O) groups excluding carboxylic acids is 10. The number of aliphatic imine (C=N–C) groups is 4. The molecule has 1 aliphatic heterocycles. The minimum absolute atomic E-state index is 0.00427. The number of carbonyl (C=O) groups is 10. The minimum atomic E-state index is -1.53. The summed E-state index contributed by atoms with van der Waals surface area (Å²) in [4.78, 5) is 154. The van der Waals surface area contributed by atoms with Crippen molar-refractivity contribution in [2.45, 2.75) is 184 Å². The van der Waals surface area contributed by atoms with Gasteiger partial charge in [-0.1, -0.05) is 0 Å². The van der Waals surface area contributed by atoms with Crippen LogP contribution in [0.5, 0.6) is 0 Å². The summed E-state index contributed by atoms with van der Waals surface area (Å²) in [5.74, 6) is -8.69. The number of primary amides is 1. The average molecular weight is 1210 g/mol. The van der Waals surface area contributed by atoms with E-state index in [2.05, 4.69) is 62.5 Å². The number of aliphatic hydroxyl groups excluding tert-OH is 1. The monoisotopic (exact) mass is 1210 g/mol. The van der Waals surface area contributed by atoms with Crippen LogP contribution in [-0.2, 0) is 47.9 Å². The highest BCUT2D eigenvalue weighted by atomic mass is 16.3. The molecule has 0 saturated carbocycles. The van der Waals surface area contributed by atoms with Crippen LogP contribution in [0.25, 0.3) is 0 Å². The van der Waals surface area contributed by atoms with Crippen molar-refractivity contribution in [2.24, 2.45) is 83.0 Å². The fraction of sp³-hybridized carbons (Fsp3) is 0.720. The molecule has 31 N–H and O–H groups in total. The molecule has 0 aromatic rings. The molecular formula is C50H96N24O11. The van der Waals surface area contributed by atoms with Gasteiger partial charge in [-0.2, -0.15) is 0 Å². The number of nitrogens with zero attached hydrogens (tertiary/aromatic N) is 5. The van der Waals surface area contributed by atoms with Gasteiger partial charge in [0.05, 0.1) is 6.10 Å². The summed E-state index contributed by atoms with van der Waals surface area (Å²) < 4.78 is 0. The molecule has 1 heterocycles. The second kappa shape index (κ2) is 40.8. The summed E-state index contributed by atoms with van der Waals surface area (Å²) in [6.07, 6.45) is 1.18. The molecular weight excluding hydrogens is 1110 g/mol. The number of rotatable bonds is 42. The lowest BCUT2D eigenvalue weighted by molar-refractivity contribution is -0.142. The van der Waals surface area contributed by atoms with Crippen LogP contribution in [0.1, 0.15) is 124 Å². The molecule has 10 amide bonds. The van der Waals surface area contributed by atoms with E-state index in [-0.39, 0.29) is 134 Å². The lowest BCUT2D eigenvalue weighted by atomic mass is 10.0. The van der Waals surface area contributed by atoms with E-state index in [4.69, 9.17) is 63.1 Å². The predicted molar refractivity (Wildman–Crippen MR) is 318 cm³/mol. The smallest absolute Gasteiger partial charge is 0.245 e. The first-order valence-corrected chi connectivity index (χ1v) is 28.4. The van der Waals surface area contributed by atoms with Gasteiger partial charge in [0, 0.05) is 39.6 Å². The Labute approximate surface area is 495 Å². The maximum Gasteiger partial charge on any atom is 0.245 e. The number of hydrogen-bond donors (Lipinski definition) is 20. The number of guanidine groups is 4. The second-order valence-corrected chi connectivity index (χ2v) is 20.5. The highest BCUT2D eigenvalue weighted by Gasteiger charge is 2.39. The summed E-state index contributed by atoms with van der Waals surface area (Å²) in [6, 6.07) is -11.7. The summed E-state index contributed by atoms with van der Waals surface area (Å²) >= 11 is 0. The molecule has 0 aromatic carbocycles. The van der Waals surface area contributed by atoms with Crippen LogP contribution < -0.4 is 106 Å². The molecule has 85 heavy (non-hydrogen) atoms. The van der Waals surface area contributed by atoms with Crippen molar-refractivity contribution in [2.75, 3.05) is 45.8 Å². The number of nitrogens with two attached hydrogens (primary N) is 11. The van der Waals surface area contributed by atoms with Crippen molar-refractivity contribution in [3.8, 4) is 0 Å². The fourth-order valence-corrected chi connectivity index (χ4v) is 8.83. The van der Waals surface area contributed by atoms with E-state index in [1.54, 1.807) is 0 Å². The average Bonchev–Trinajstić information content (AvgIpc) is 4.21. The van der Waals surface area contributed by atoms with Crippen molar-refractivity contribution in [3.05, 3.63) is 0 Å². The lowest BCUT2D eigenvalue weighted by Crippen LogP contribution is -2.60. The molecule has 482 valence electrons. The van der Waals surface area contributed by atoms with Crippen molar-refractivity contribution in [3.63, 3.8) is 0 Å². The molecule has 0 unspecified atom stereocenters. The minimum Gasteiger partial charge on any atom is -0.391 e. The maximum atomic E-state index is 14.5. The summed E-state index contributed by atoms with van der Waals surface area (Å²) in [5.41, 5.74) is 60.9. The summed E-state index contributed by atoms with van der Waals surface area (Å²) in [7, 11) is 0. The number of nitrogens with one attached hydrogen (secondary N) is 8. The van der Waals surface area contributed by atoms with E-state index in [0.29, 0.717) is 38.5 Å². The van der Waals surface area contributed by atoms with Crippen molar-refractivity contribution in [1.82, 2.24) is 47.4 Å². The van der Waals surface area contributed by atoms with Crippen LogP contribution in [0.3, 0.4) is 0 Å². The molecule has 0 bridgehead atoms. The molecule has 1 aliphatic rings. The van der Waals surface area contributed by atoms with E-state index >= 15 is 0 Å². The first-order valence-electron chi connectivity index (χ1n) is 28.4. The van der Waals surface area contributed by atoms with Gasteiger partial charge in [0.25, 0.3) is 0 Å². The van der Waals surface area contributed by atoms with E-state index in [0.717, 1.165) is 0 Å². The molecule has 1 rings (SSSR count). The standard InChI is InChI=1S/C50H96N24O11/c1-27(66-39(78)30(67-29(3)76)15-8-22-62-47(54)55)46(85)74-26-12-19-36(74)45(84)72-34(17-10-24-64-49(58)59)43(82)70-33(16-9-23-63-48(56)57)42(81)69-31(13-4-6-20-51)40(79)68-32(14-5-7-21-52)41(80)71-35(18-11-25-65-50(60)61)44(83)73-37(28(2)75)38(53)77/h27-28,30-37,75H,4-26,51-52H2,1-3H3,(H2,53,77)(H,66,78)(H,67,76)(H,68,79)(H,69,81)(H,70,82)(H,71,80)(H,72,84)(H,73,83)(H4,54,55,62)(H4,56,57,63)(H4,58,59,64)(H4,60,61,65)/t27-,28+,30-,31-,32-,33-,34-,35-,36-,37-/m0/s1. The zero-order valence-electron chi connectivity index (χ0n) is 49.2. The normalized spacial score (nSPS) is 15.8. The van der Waals surface area contributed by atoms with Gasteiger partial charge in [0.1, 0.15) is 54.4 Å². The van der Waals surface area contributed by atoms with Crippen LogP contribution in [0.4, 0.5) is 0 Å². The zero-order chi connectivity index (χ0) is 64.2. The van der Waals surface area contributed by atoms with Crippen LogP contribution in [0, 0.1) is 0 Å². The highest BCUT2D eigenvalue weighted by Crippen LogP contribution is 2.20. The van der Waals surface area contributed by atoms with Crippen molar-refractivity contribution < 1.29 is 53.1 Å². The molecule has 35 nitrogen and oxygen atoms in total. The molecule has 0 radical (unpaired) electrons. The van der Waals surface area contributed by atoms with Gasteiger partial charge >= 0.3 is 0 Å². The number of amides is 10. The SMILES string of the molecule is CC(=O)N[C@@H](CCCN=C(N)N)C(=O)N[C@@H](C)C(=O)N1CCC[C@H]1C(=O)N[C@@H](CCCN=C(N)N)C(=O)N[C@@H](CCCN=C(N)N)C(=O)N[C@@H](CCCCN)C(=O)N[C@@H](CCCCN)C(=O)N[C@@H](CCCN=C(N)N)C(=O)N[C@H](C(N)=O)[C@@H](C)O. The molecule has 10 atom stereocenters. The van der Waals surface area contributed by atoms with Gasteiger partial charge in [0.2, 0.25) is 59.1 Å². The molecule has 0 spiro atoms. The first kappa shape index (κ1) is 74.7. The second-order valence-electron chi connectivity index (χ2n) is 20.5. The Hall–Kier alpha value is -8.34. The van der Waals surface area contributed by atoms with Crippen LogP contribution in [-0.4, -0.2) is 199 Å². The van der Waals surface area contributed by atoms with E-state index < -0.39 is 120 Å². The van der Waals surface area contributed by atoms with Gasteiger partial charge in [-0.15, -0.1) is 0 Å². The summed E-state index contributed by atoms with van der Waals surface area (Å²) in [5, 5.41) is 31.1. The van der Waals surface area contributed by atoms with E-state index in [9.17, 15) is 53.1 Å². The summed E-state index contributed by atoms with van der Waals surface area (Å²) in [6.45, 7) is 4.71. The fourth-order valence-electron chi connectivity index (χ4n) is 8.83. The Morgan fingerprint density at radius 3 is 1.09 bits per heavy atom. The molecule has 0 aliphatic carbocycles. The molecule has 1 saturated heterocycles. The van der Waals surface area contributed by atoms with E-state index in [1.807, 2.05) is 0 Å². The van der Waals surface area contributed by atoms with Gasteiger partial charge in [-0.05, 0) is 130 Å². The lowest BCUT2D eigenvalue weighted by Gasteiger charge is -2.30. The maximum absolute atomic E-state index is 14.5. The largest absolute Gasteiger partial charge is 0.391 e. The van der Waals surface area contributed by atoms with Crippen molar-refractivity contribution in [1.29, 1.82) is 0 Å². The predicted octanol–water partition coefficient (Wildman–Crippen LogP) is -8.77. The molecule has 35 heteroatoms. The Balaban J connectivity index is 3.63. The molecule has 0 aromatic heterocycles. The Morgan fingerprint density at radius 1 is 0.459 bits per heavy atom. The zero-order valence-corrected chi connectivity index (χ0v) is 49.2. The third-order valence-corrected chi connectivity index (χ3v) is 13.2. The van der Waals surface area contributed by atoms with Crippen LogP contribution in [0.15, 0.2) is 20.0 Å². The third kappa shape index (κ3) is 30.7. The number of likely N-dealkylation sites (tertiary alicyclic amines) is 1. The number of aliphatic hydroxyl groups is 1. The van der Waals surface area contributed by atoms with E-state index in [1.165, 1.54) is 25.7 Å². The van der Waals surface area contributed by atoms with Gasteiger partial charge in [-0.25, -0.2) is 0 Å². The van der Waals surface area contributed by atoms with Gasteiger partial charge in [0.15, 0.2) is 23.8 Å². The van der Waals surface area contributed by atoms with Crippen LogP contribution >= 0.6 is 0 Å². The quantitative estimate of drug-likeness (QED) is 0.0153. The first-order chi connectivity index (χ1) is 40.1. The Bertz CT molecular complexity index is 2310. The van der Waals surface area contributed by atoms with Crippen molar-refractivity contribution >= 4 is 82.9 Å². The number of hydrogen-bond acceptors (Lipinski definition) is 17. The Kier molecular flexibility index (Phi) is 35.8. The highest BCUT2D eigenvalue weighted by molar-refractivity contribution is 5.98. The third-order valence-electron chi connectivity index (χ3n) is 13.2. The number of unbranched alkanes of at least 4 members (excludes halogenated alkanes) is 2. The Morgan fingerprint density at radius 2 is 0.776 bits per heavy atom. The van der Waals surface area contributed by atoms with Crippen LogP contribution in [0.2, 0.25) is 0 Å².